The Morgan fingerprint density at radius 1 is 1.31 bits per heavy atom. The number of hydrogen-bond acceptors (Lipinski definition) is 6. The van der Waals surface area contributed by atoms with Crippen LogP contribution in [0.1, 0.15) is 19.8 Å². The third-order valence-electron chi connectivity index (χ3n) is 5.69. The summed E-state index contributed by atoms with van der Waals surface area (Å²) in [6.45, 7) is 4.05. The minimum absolute atomic E-state index is 0.0343. The van der Waals surface area contributed by atoms with Gasteiger partial charge in [0.05, 0.1) is 12.5 Å². The highest BCUT2D eigenvalue weighted by Crippen LogP contribution is 2.33. The van der Waals surface area contributed by atoms with Gasteiger partial charge in [-0.1, -0.05) is 0 Å². The first-order valence-electron chi connectivity index (χ1n) is 9.68. The van der Waals surface area contributed by atoms with Gasteiger partial charge in [0, 0.05) is 51.3 Å². The van der Waals surface area contributed by atoms with Crippen LogP contribution < -0.4 is 10.5 Å². The number of nitrogens with zero attached hydrogens (tertiary/aromatic N) is 3. The molecule has 1 amide bonds. The van der Waals surface area contributed by atoms with Crippen LogP contribution in [-0.2, 0) is 14.8 Å². The van der Waals surface area contributed by atoms with Crippen LogP contribution in [0.3, 0.4) is 0 Å². The number of aromatic nitrogens is 1. The first kappa shape index (κ1) is 21.7. The Morgan fingerprint density at radius 3 is 2.52 bits per heavy atom. The number of sulfonamides is 1. The van der Waals surface area contributed by atoms with Gasteiger partial charge in [0.1, 0.15) is 11.5 Å². The van der Waals surface area contributed by atoms with Crippen LogP contribution in [0.2, 0.25) is 0 Å². The van der Waals surface area contributed by atoms with Crippen LogP contribution in [-0.4, -0.2) is 67.8 Å². The number of ether oxygens (including phenoxy) is 1. The van der Waals surface area contributed by atoms with E-state index in [1.54, 1.807) is 6.92 Å². The van der Waals surface area contributed by atoms with Gasteiger partial charge in [-0.3, -0.25) is 4.79 Å². The average Bonchev–Trinajstić information content (AvgIpc) is 2.68. The van der Waals surface area contributed by atoms with Gasteiger partial charge >= 0.3 is 0 Å². The Balaban J connectivity index is 1.54. The summed E-state index contributed by atoms with van der Waals surface area (Å²) in [4.78, 5) is 17.3. The standard InChI is InChI=1S/C19H27FN4O4S/c1-14(25)23-11-17(12-23)16-4-6-24(7-5-16)29(26,27)18-2-3-19(22-10-18)28-13-15(8-20)9-21/h2-3,8,10,16-17H,4-7,9,11-13,21H2,1H3/b15-8-. The molecule has 3 heterocycles. The lowest BCUT2D eigenvalue weighted by molar-refractivity contribution is -0.136. The van der Waals surface area contributed by atoms with Gasteiger partial charge < -0.3 is 15.4 Å². The molecule has 2 saturated heterocycles. The van der Waals surface area contributed by atoms with Crippen molar-refractivity contribution in [2.75, 3.05) is 39.3 Å². The molecule has 0 atom stereocenters. The van der Waals surface area contributed by atoms with E-state index in [4.69, 9.17) is 10.5 Å². The molecule has 10 heteroatoms. The summed E-state index contributed by atoms with van der Waals surface area (Å²) in [7, 11) is -3.62. The topological polar surface area (TPSA) is 106 Å². The van der Waals surface area contributed by atoms with Crippen molar-refractivity contribution in [2.45, 2.75) is 24.7 Å². The molecule has 0 unspecified atom stereocenters. The van der Waals surface area contributed by atoms with Gasteiger partial charge in [-0.2, -0.15) is 4.31 Å². The van der Waals surface area contributed by atoms with E-state index in [-0.39, 0.29) is 35.4 Å². The minimum atomic E-state index is -3.62. The second-order valence-electron chi connectivity index (χ2n) is 7.52. The SMILES string of the molecule is CC(=O)N1CC(C2CCN(S(=O)(=O)c3ccc(OC/C(=C\F)CN)nc3)CC2)C1. The zero-order valence-corrected chi connectivity index (χ0v) is 17.3. The second-order valence-corrected chi connectivity index (χ2v) is 9.46. The van der Waals surface area contributed by atoms with E-state index in [1.807, 2.05) is 4.90 Å². The Morgan fingerprint density at radius 2 is 2.00 bits per heavy atom. The van der Waals surface area contributed by atoms with Gasteiger partial charge in [-0.05, 0) is 30.7 Å². The summed E-state index contributed by atoms with van der Waals surface area (Å²) in [6, 6.07) is 2.90. The van der Waals surface area contributed by atoms with E-state index in [0.717, 1.165) is 25.9 Å². The van der Waals surface area contributed by atoms with E-state index >= 15 is 0 Å². The zero-order chi connectivity index (χ0) is 21.0. The number of amides is 1. The number of piperidine rings is 1. The number of pyridine rings is 1. The van der Waals surface area contributed by atoms with Crippen molar-refractivity contribution in [1.82, 2.24) is 14.2 Å². The third-order valence-corrected chi connectivity index (χ3v) is 7.57. The number of hydrogen-bond donors (Lipinski definition) is 1. The number of nitrogens with two attached hydrogens (primary N) is 1. The molecule has 160 valence electrons. The molecule has 2 aliphatic rings. The minimum Gasteiger partial charge on any atom is -0.473 e. The van der Waals surface area contributed by atoms with Crippen molar-refractivity contribution in [3.8, 4) is 5.88 Å². The molecule has 0 spiro atoms. The largest absolute Gasteiger partial charge is 0.473 e. The smallest absolute Gasteiger partial charge is 0.244 e. The third kappa shape index (κ3) is 4.93. The van der Waals surface area contributed by atoms with E-state index < -0.39 is 10.0 Å². The van der Waals surface area contributed by atoms with E-state index in [2.05, 4.69) is 4.98 Å². The number of carbonyl (C=O) groups excluding carboxylic acids is 1. The maximum Gasteiger partial charge on any atom is 0.244 e. The maximum absolute atomic E-state index is 12.9. The number of halogens is 1. The molecule has 0 radical (unpaired) electrons. The summed E-state index contributed by atoms with van der Waals surface area (Å²) in [5, 5.41) is 0. The lowest BCUT2D eigenvalue weighted by Crippen LogP contribution is -2.53. The predicted molar refractivity (Wildman–Crippen MR) is 105 cm³/mol. The van der Waals surface area contributed by atoms with Crippen molar-refractivity contribution in [3.63, 3.8) is 0 Å². The van der Waals surface area contributed by atoms with Gasteiger partial charge in [0.15, 0.2) is 0 Å². The van der Waals surface area contributed by atoms with Gasteiger partial charge in [0.2, 0.25) is 21.8 Å². The maximum atomic E-state index is 12.9. The van der Waals surface area contributed by atoms with E-state index in [9.17, 15) is 17.6 Å². The summed E-state index contributed by atoms with van der Waals surface area (Å²) in [5.74, 6) is 1.22. The van der Waals surface area contributed by atoms with Gasteiger partial charge in [0.25, 0.3) is 0 Å². The molecule has 29 heavy (non-hydrogen) atoms. The lowest BCUT2D eigenvalue weighted by atomic mass is 9.80. The fraction of sp³-hybridized carbons (Fsp3) is 0.579. The molecule has 0 bridgehead atoms. The fourth-order valence-electron chi connectivity index (χ4n) is 3.71. The molecule has 1 aromatic heterocycles. The Kier molecular flexibility index (Phi) is 6.86. The summed E-state index contributed by atoms with van der Waals surface area (Å²) in [6.07, 6.45) is 3.24. The number of carbonyl (C=O) groups is 1. The predicted octanol–water partition coefficient (Wildman–Crippen LogP) is 1.15. The fourth-order valence-corrected chi connectivity index (χ4v) is 5.13. The van der Waals surface area contributed by atoms with Crippen molar-refractivity contribution in [2.24, 2.45) is 17.6 Å². The molecule has 0 aliphatic carbocycles. The Bertz CT molecular complexity index is 845. The van der Waals surface area contributed by atoms with E-state index in [0.29, 0.717) is 31.3 Å². The molecule has 2 N–H and O–H groups in total. The highest BCUT2D eigenvalue weighted by Gasteiger charge is 2.38. The second kappa shape index (κ2) is 9.19. The van der Waals surface area contributed by atoms with E-state index in [1.165, 1.54) is 22.6 Å². The summed E-state index contributed by atoms with van der Waals surface area (Å²) < 4.78 is 45.1. The monoisotopic (exact) mass is 426 g/mol. The number of likely N-dealkylation sites (tertiary alicyclic amines) is 1. The molecule has 3 rings (SSSR count). The van der Waals surface area contributed by atoms with Gasteiger partial charge in [-0.15, -0.1) is 0 Å². The van der Waals surface area contributed by atoms with Crippen LogP contribution in [0, 0.1) is 11.8 Å². The molecule has 2 aliphatic heterocycles. The van der Waals surface area contributed by atoms with Gasteiger partial charge in [-0.25, -0.2) is 17.8 Å². The van der Waals surface area contributed by atoms with Crippen molar-refractivity contribution < 1.29 is 22.3 Å². The molecule has 2 fully saturated rings. The van der Waals surface area contributed by atoms with Crippen molar-refractivity contribution in [3.05, 3.63) is 30.2 Å². The molecule has 0 saturated carbocycles. The van der Waals surface area contributed by atoms with Crippen LogP contribution in [0.5, 0.6) is 5.88 Å². The molecule has 8 nitrogen and oxygen atoms in total. The quantitative estimate of drug-likeness (QED) is 0.701. The van der Waals surface area contributed by atoms with Crippen molar-refractivity contribution in [1.29, 1.82) is 0 Å². The first-order valence-corrected chi connectivity index (χ1v) is 11.1. The Labute approximate surface area is 170 Å². The normalized spacial score (nSPS) is 19.8. The average molecular weight is 427 g/mol. The lowest BCUT2D eigenvalue weighted by Gasteiger charge is -2.45. The molecule has 1 aromatic rings. The Hall–Kier alpha value is -2.04. The summed E-state index contributed by atoms with van der Waals surface area (Å²) >= 11 is 0. The molecular weight excluding hydrogens is 399 g/mol. The highest BCUT2D eigenvalue weighted by molar-refractivity contribution is 7.89. The molecule has 0 aromatic carbocycles. The van der Waals surface area contributed by atoms with Crippen LogP contribution in [0.15, 0.2) is 35.1 Å². The first-order chi connectivity index (χ1) is 13.8. The molecular formula is C19H27FN4O4S. The van der Waals surface area contributed by atoms with Crippen LogP contribution in [0.4, 0.5) is 4.39 Å². The van der Waals surface area contributed by atoms with Crippen molar-refractivity contribution >= 4 is 15.9 Å². The summed E-state index contributed by atoms with van der Waals surface area (Å²) in [5.41, 5.74) is 5.64. The zero-order valence-electron chi connectivity index (χ0n) is 16.5. The van der Waals surface area contributed by atoms with Crippen LogP contribution >= 0.6 is 0 Å². The van der Waals surface area contributed by atoms with Crippen LogP contribution in [0.25, 0.3) is 0 Å². The highest BCUT2D eigenvalue weighted by atomic mass is 32.2. The number of rotatable bonds is 7.